The highest BCUT2D eigenvalue weighted by Crippen LogP contribution is 2.23. The first-order valence-electron chi connectivity index (χ1n) is 12.5. The van der Waals surface area contributed by atoms with Crippen molar-refractivity contribution < 1.29 is 9.32 Å². The smallest absolute Gasteiger partial charge is 0.241 e. The molecule has 1 aromatic heterocycles. The number of rotatable bonds is 8. The first-order valence-corrected chi connectivity index (χ1v) is 12.5. The molecule has 1 saturated heterocycles. The van der Waals surface area contributed by atoms with Crippen LogP contribution in [0.3, 0.4) is 0 Å². The number of amides is 1. The zero-order valence-corrected chi connectivity index (χ0v) is 20.2. The van der Waals surface area contributed by atoms with Crippen LogP contribution in [0.25, 0.3) is 22.2 Å². The molecule has 6 heteroatoms. The molecule has 6 nitrogen and oxygen atoms in total. The quantitative estimate of drug-likeness (QED) is 0.390. The summed E-state index contributed by atoms with van der Waals surface area (Å²) in [6, 6.07) is 24.8. The van der Waals surface area contributed by atoms with Gasteiger partial charge in [0.1, 0.15) is 0 Å². The monoisotopic (exact) mass is 468 g/mol. The van der Waals surface area contributed by atoms with Crippen molar-refractivity contribution >= 4 is 16.7 Å². The molecule has 5 rings (SSSR count). The highest BCUT2D eigenvalue weighted by Gasteiger charge is 2.26. The summed E-state index contributed by atoms with van der Waals surface area (Å²) >= 11 is 0. The Labute approximate surface area is 206 Å². The third-order valence-corrected chi connectivity index (χ3v) is 6.89. The fourth-order valence-corrected chi connectivity index (χ4v) is 4.91. The first-order chi connectivity index (χ1) is 17.2. The fourth-order valence-electron chi connectivity index (χ4n) is 4.91. The summed E-state index contributed by atoms with van der Waals surface area (Å²) in [6.07, 6.45) is 2.65. The topological polar surface area (TPSA) is 71.3 Å². The van der Waals surface area contributed by atoms with Gasteiger partial charge in [-0.1, -0.05) is 84.9 Å². The highest BCUT2D eigenvalue weighted by atomic mass is 16.5. The molecule has 0 spiro atoms. The number of hydrogen-bond acceptors (Lipinski definition) is 5. The number of nitrogens with zero attached hydrogens (tertiary/aromatic N) is 3. The second-order valence-corrected chi connectivity index (χ2v) is 9.62. The molecule has 0 bridgehead atoms. The molecule has 0 aliphatic carbocycles. The van der Waals surface area contributed by atoms with Gasteiger partial charge in [0.15, 0.2) is 0 Å². The van der Waals surface area contributed by atoms with E-state index in [0.717, 1.165) is 37.9 Å². The van der Waals surface area contributed by atoms with Crippen molar-refractivity contribution in [2.45, 2.75) is 32.7 Å². The highest BCUT2D eigenvalue weighted by molar-refractivity contribution is 5.85. The molecule has 35 heavy (non-hydrogen) atoms. The molecule has 1 aliphatic heterocycles. The van der Waals surface area contributed by atoms with Crippen molar-refractivity contribution in [1.82, 2.24) is 20.4 Å². The molecular formula is C29H32N4O2. The summed E-state index contributed by atoms with van der Waals surface area (Å²) in [5.41, 5.74) is 2.29. The van der Waals surface area contributed by atoms with E-state index < -0.39 is 0 Å². The van der Waals surface area contributed by atoms with E-state index in [1.165, 1.54) is 16.3 Å². The van der Waals surface area contributed by atoms with Crippen LogP contribution in [0.5, 0.6) is 0 Å². The van der Waals surface area contributed by atoms with E-state index in [4.69, 9.17) is 4.52 Å². The van der Waals surface area contributed by atoms with Crippen LogP contribution >= 0.6 is 0 Å². The number of nitrogens with one attached hydrogen (secondary N) is 1. The lowest BCUT2D eigenvalue weighted by molar-refractivity contribution is -0.126. The van der Waals surface area contributed by atoms with Gasteiger partial charge in [0.05, 0.1) is 6.54 Å². The van der Waals surface area contributed by atoms with Gasteiger partial charge in [-0.15, -0.1) is 0 Å². The van der Waals surface area contributed by atoms with Gasteiger partial charge in [-0.25, -0.2) is 0 Å². The molecule has 3 aromatic carbocycles. The number of fused-ring (bicyclic) bond motifs is 1. The summed E-state index contributed by atoms with van der Waals surface area (Å²) < 4.78 is 5.45. The van der Waals surface area contributed by atoms with Crippen molar-refractivity contribution in [2.24, 2.45) is 11.8 Å². The predicted molar refractivity (Wildman–Crippen MR) is 138 cm³/mol. The van der Waals surface area contributed by atoms with Gasteiger partial charge in [0.2, 0.25) is 17.6 Å². The summed E-state index contributed by atoms with van der Waals surface area (Å²) in [5, 5.41) is 9.89. The third kappa shape index (κ3) is 5.77. The lowest BCUT2D eigenvalue weighted by Crippen LogP contribution is -2.41. The van der Waals surface area contributed by atoms with Crippen molar-refractivity contribution in [1.29, 1.82) is 0 Å². The second-order valence-electron chi connectivity index (χ2n) is 9.62. The molecule has 1 aliphatic rings. The molecule has 2 heterocycles. The summed E-state index contributed by atoms with van der Waals surface area (Å²) in [6.45, 7) is 5.24. The van der Waals surface area contributed by atoms with Gasteiger partial charge < -0.3 is 9.84 Å². The van der Waals surface area contributed by atoms with Crippen LogP contribution in [0.15, 0.2) is 77.3 Å². The molecule has 1 amide bonds. The number of likely N-dealkylation sites (tertiary alicyclic amines) is 1. The van der Waals surface area contributed by atoms with Crippen LogP contribution in [0.1, 0.15) is 31.2 Å². The average Bonchev–Trinajstić information content (AvgIpc) is 3.37. The van der Waals surface area contributed by atoms with Crippen LogP contribution in [-0.2, 0) is 17.8 Å². The van der Waals surface area contributed by atoms with E-state index in [2.05, 4.69) is 69.7 Å². The van der Waals surface area contributed by atoms with Gasteiger partial charge in [0.25, 0.3) is 0 Å². The van der Waals surface area contributed by atoms with Crippen LogP contribution in [0.4, 0.5) is 0 Å². The van der Waals surface area contributed by atoms with Crippen molar-refractivity contribution in [3.05, 3.63) is 84.3 Å². The maximum Gasteiger partial charge on any atom is 0.241 e. The van der Waals surface area contributed by atoms with Gasteiger partial charge in [-0.2, -0.15) is 4.98 Å². The maximum atomic E-state index is 12.8. The number of carbonyl (C=O) groups is 1. The Kier molecular flexibility index (Phi) is 7.19. The van der Waals surface area contributed by atoms with Gasteiger partial charge in [0, 0.05) is 18.0 Å². The van der Waals surface area contributed by atoms with Crippen LogP contribution in [-0.4, -0.2) is 40.6 Å². The van der Waals surface area contributed by atoms with E-state index in [0.29, 0.717) is 30.7 Å². The van der Waals surface area contributed by atoms with Gasteiger partial charge in [-0.05, 0) is 54.6 Å². The van der Waals surface area contributed by atoms with E-state index in [-0.39, 0.29) is 11.8 Å². The molecule has 0 radical (unpaired) electrons. The molecule has 4 aromatic rings. The molecule has 0 saturated carbocycles. The van der Waals surface area contributed by atoms with Crippen LogP contribution < -0.4 is 5.32 Å². The van der Waals surface area contributed by atoms with Crippen molar-refractivity contribution in [2.75, 3.05) is 19.6 Å². The third-order valence-electron chi connectivity index (χ3n) is 6.89. The van der Waals surface area contributed by atoms with Gasteiger partial charge >= 0.3 is 0 Å². The summed E-state index contributed by atoms with van der Waals surface area (Å²) in [5.74, 6) is 1.86. The Bertz CT molecular complexity index is 1260. The minimum atomic E-state index is 0.0681. The largest absolute Gasteiger partial charge is 0.356 e. The first kappa shape index (κ1) is 23.2. The molecule has 1 unspecified atom stereocenters. The number of benzene rings is 3. The summed E-state index contributed by atoms with van der Waals surface area (Å²) in [7, 11) is 0. The lowest BCUT2D eigenvalue weighted by Gasteiger charge is -2.30. The Hall–Kier alpha value is -3.51. The molecule has 1 atom stereocenters. The van der Waals surface area contributed by atoms with E-state index in [9.17, 15) is 4.79 Å². The van der Waals surface area contributed by atoms with Gasteiger partial charge in [-0.3, -0.25) is 9.69 Å². The molecule has 1 fully saturated rings. The van der Waals surface area contributed by atoms with Crippen molar-refractivity contribution in [3.8, 4) is 11.4 Å². The number of aromatic nitrogens is 2. The Morgan fingerprint density at radius 1 is 1.03 bits per heavy atom. The Morgan fingerprint density at radius 2 is 1.77 bits per heavy atom. The zero-order chi connectivity index (χ0) is 24.0. The minimum Gasteiger partial charge on any atom is -0.356 e. The van der Waals surface area contributed by atoms with E-state index in [1.54, 1.807) is 0 Å². The van der Waals surface area contributed by atoms with Crippen LogP contribution in [0.2, 0.25) is 0 Å². The van der Waals surface area contributed by atoms with E-state index >= 15 is 0 Å². The normalized spacial score (nSPS) is 15.8. The number of carbonyl (C=O) groups excluding carboxylic acids is 1. The second kappa shape index (κ2) is 10.8. The molecule has 180 valence electrons. The Morgan fingerprint density at radius 3 is 2.60 bits per heavy atom. The fraction of sp³-hybridized carbons (Fsp3) is 0.345. The maximum absolute atomic E-state index is 12.8. The van der Waals surface area contributed by atoms with Crippen molar-refractivity contribution in [3.63, 3.8) is 0 Å². The Balaban J connectivity index is 1.07. The average molecular weight is 469 g/mol. The number of piperidine rings is 1. The predicted octanol–water partition coefficient (Wildman–Crippen LogP) is 5.10. The molecular weight excluding hydrogens is 436 g/mol. The van der Waals surface area contributed by atoms with E-state index in [1.807, 2.05) is 30.3 Å². The molecule has 1 N–H and O–H groups in total. The lowest BCUT2D eigenvalue weighted by atomic mass is 9.94. The van der Waals surface area contributed by atoms with Crippen LogP contribution in [0, 0.1) is 11.8 Å². The minimum absolute atomic E-state index is 0.0681. The zero-order valence-electron chi connectivity index (χ0n) is 20.2. The number of hydrogen-bond donors (Lipinski definition) is 1. The SMILES string of the molecule is CC(CNC(=O)C1CCN(Cc2nc(-c3ccccc3)no2)CC1)Cc1cccc2ccccc12. The summed E-state index contributed by atoms with van der Waals surface area (Å²) in [4.78, 5) is 19.6. The standard InChI is InChI=1S/C29H32N4O2/c1-21(18-25-12-7-11-22-8-5-6-13-26(22)25)19-30-29(34)24-14-16-33(17-15-24)20-27-31-28(32-35-27)23-9-3-2-4-10-23/h2-13,21,24H,14-20H2,1H3,(H,30,34).